The van der Waals surface area contributed by atoms with Gasteiger partial charge in [0.25, 0.3) is 0 Å². The van der Waals surface area contributed by atoms with Gasteiger partial charge in [-0.05, 0) is 17.7 Å². The fraction of sp³-hybridized carbons (Fsp3) is 0.111. The highest BCUT2D eigenvalue weighted by Crippen LogP contribution is 2.31. The lowest BCUT2D eigenvalue weighted by atomic mass is 10.0. The van der Waals surface area contributed by atoms with Gasteiger partial charge in [-0.2, -0.15) is 5.10 Å². The molecule has 3 aromatic rings. The van der Waals surface area contributed by atoms with Gasteiger partial charge in [0, 0.05) is 23.6 Å². The largest absolute Gasteiger partial charge is 0.548 e. The molecule has 2 aromatic carbocycles. The van der Waals surface area contributed by atoms with Gasteiger partial charge in [-0.15, -0.1) is 0 Å². The minimum atomic E-state index is -3.29. The van der Waals surface area contributed by atoms with Gasteiger partial charge < -0.3 is 9.90 Å². The predicted molar refractivity (Wildman–Crippen MR) is 91.2 cm³/mol. The number of aliphatic carboxylic acids is 1. The molecule has 7 heteroatoms. The van der Waals surface area contributed by atoms with Gasteiger partial charge in [-0.25, -0.2) is 8.42 Å². The van der Waals surface area contributed by atoms with Crippen molar-refractivity contribution in [1.82, 2.24) is 9.78 Å². The summed E-state index contributed by atoms with van der Waals surface area (Å²) in [6.07, 6.45) is 2.79. The molecule has 0 radical (unpaired) electrons. The number of rotatable bonds is 5. The van der Waals surface area contributed by atoms with E-state index in [4.69, 9.17) is 0 Å². The number of carbonyl (C=O) groups is 1. The second kappa shape index (κ2) is 6.52. The number of carboxylic acids is 1. The Labute approximate surface area is 145 Å². The van der Waals surface area contributed by atoms with Crippen LogP contribution >= 0.6 is 0 Å². The normalized spacial score (nSPS) is 11.4. The van der Waals surface area contributed by atoms with Crippen LogP contribution < -0.4 is 5.11 Å². The Bertz CT molecular complexity index is 1010. The van der Waals surface area contributed by atoms with Crippen LogP contribution in [0.5, 0.6) is 0 Å². The molecule has 0 aliphatic rings. The number of carboxylic acid groups (broad SMARTS) is 1. The number of hydrogen-bond donors (Lipinski definition) is 0. The van der Waals surface area contributed by atoms with E-state index in [1.165, 1.54) is 16.8 Å². The highest BCUT2D eigenvalue weighted by atomic mass is 32.2. The lowest BCUT2D eigenvalue weighted by molar-refractivity contribution is -0.306. The molecule has 6 nitrogen and oxygen atoms in total. The Kier molecular flexibility index (Phi) is 4.41. The van der Waals surface area contributed by atoms with Gasteiger partial charge in [0.2, 0.25) is 0 Å². The topological polar surface area (TPSA) is 92.1 Å². The summed E-state index contributed by atoms with van der Waals surface area (Å²) >= 11 is 0. The molecule has 0 aliphatic heterocycles. The van der Waals surface area contributed by atoms with Crippen LogP contribution in [0.15, 0.2) is 65.7 Å². The van der Waals surface area contributed by atoms with Gasteiger partial charge in [0.15, 0.2) is 9.84 Å². The van der Waals surface area contributed by atoms with Crippen molar-refractivity contribution in [2.24, 2.45) is 0 Å². The maximum atomic E-state index is 11.6. The maximum Gasteiger partial charge on any atom is 0.175 e. The predicted octanol–water partition coefficient (Wildman–Crippen LogP) is 1.37. The third-order valence-electron chi connectivity index (χ3n) is 3.69. The van der Waals surface area contributed by atoms with Crippen LogP contribution in [0.4, 0.5) is 0 Å². The van der Waals surface area contributed by atoms with Gasteiger partial charge in [-0.3, -0.25) is 4.68 Å². The van der Waals surface area contributed by atoms with Crippen molar-refractivity contribution in [3.05, 3.63) is 60.8 Å². The average Bonchev–Trinajstić information content (AvgIpc) is 2.98. The third kappa shape index (κ3) is 3.77. The van der Waals surface area contributed by atoms with Crippen molar-refractivity contribution < 1.29 is 18.3 Å². The van der Waals surface area contributed by atoms with E-state index in [1.807, 2.05) is 30.3 Å². The summed E-state index contributed by atoms with van der Waals surface area (Å²) in [7, 11) is -3.29. The minimum Gasteiger partial charge on any atom is -0.548 e. The molecular weight excluding hydrogens is 340 g/mol. The molecule has 0 fully saturated rings. The maximum absolute atomic E-state index is 11.6. The van der Waals surface area contributed by atoms with E-state index < -0.39 is 15.8 Å². The van der Waals surface area contributed by atoms with E-state index in [-0.39, 0.29) is 11.4 Å². The van der Waals surface area contributed by atoms with Crippen molar-refractivity contribution in [3.63, 3.8) is 0 Å². The summed E-state index contributed by atoms with van der Waals surface area (Å²) in [6.45, 7) is -0.360. The zero-order valence-electron chi connectivity index (χ0n) is 13.4. The minimum absolute atomic E-state index is 0.215. The molecule has 0 bridgehead atoms. The molecule has 128 valence electrons. The van der Waals surface area contributed by atoms with Gasteiger partial charge in [-0.1, -0.05) is 42.5 Å². The third-order valence-corrected chi connectivity index (χ3v) is 4.82. The number of sulfone groups is 1. The van der Waals surface area contributed by atoms with Crippen molar-refractivity contribution in [2.75, 3.05) is 6.26 Å². The van der Waals surface area contributed by atoms with Crippen molar-refractivity contribution in [1.29, 1.82) is 0 Å². The molecule has 3 rings (SSSR count). The second-order valence-electron chi connectivity index (χ2n) is 5.62. The average molecular weight is 355 g/mol. The van der Waals surface area contributed by atoms with Crippen molar-refractivity contribution >= 4 is 15.8 Å². The van der Waals surface area contributed by atoms with E-state index in [2.05, 4.69) is 5.10 Å². The number of hydrogen-bond acceptors (Lipinski definition) is 5. The standard InChI is InChI=1S/C18H16N2O4S/c1-25(23,24)15-9-7-14(8-10-15)18-16(13-5-3-2-4-6-13)11-20(19-18)12-17(21)22/h2-11H,12H2,1H3,(H,21,22)/p-1. The summed E-state index contributed by atoms with van der Waals surface area (Å²) in [5, 5.41) is 15.2. The van der Waals surface area contributed by atoms with Gasteiger partial charge in [0.05, 0.1) is 17.4 Å². The van der Waals surface area contributed by atoms with Gasteiger partial charge >= 0.3 is 0 Å². The monoisotopic (exact) mass is 355 g/mol. The molecule has 0 amide bonds. The summed E-state index contributed by atoms with van der Waals surface area (Å²) in [4.78, 5) is 11.1. The molecule has 0 saturated heterocycles. The molecule has 25 heavy (non-hydrogen) atoms. The van der Waals surface area contributed by atoms with Crippen LogP contribution in [0.3, 0.4) is 0 Å². The number of benzene rings is 2. The number of aromatic nitrogens is 2. The summed E-state index contributed by atoms with van der Waals surface area (Å²) in [6, 6.07) is 15.8. The number of carbonyl (C=O) groups excluding carboxylic acids is 1. The Balaban J connectivity index is 2.11. The highest BCUT2D eigenvalue weighted by molar-refractivity contribution is 7.90. The summed E-state index contributed by atoms with van der Waals surface area (Å²) < 4.78 is 24.5. The smallest absolute Gasteiger partial charge is 0.175 e. The number of nitrogens with zero attached hydrogens (tertiary/aromatic N) is 2. The lowest BCUT2D eigenvalue weighted by Gasteiger charge is -2.04. The van der Waals surface area contributed by atoms with Crippen LogP contribution in [0, 0.1) is 0 Å². The molecule has 0 spiro atoms. The molecule has 0 aliphatic carbocycles. The van der Waals surface area contributed by atoms with Crippen LogP contribution in [0.25, 0.3) is 22.4 Å². The second-order valence-corrected chi connectivity index (χ2v) is 7.64. The van der Waals surface area contributed by atoms with E-state index in [0.717, 1.165) is 17.4 Å². The van der Waals surface area contributed by atoms with Crippen molar-refractivity contribution in [2.45, 2.75) is 11.4 Å². The summed E-state index contributed by atoms with van der Waals surface area (Å²) in [5.74, 6) is -1.24. The Hall–Kier alpha value is -2.93. The van der Waals surface area contributed by atoms with Gasteiger partial charge in [0.1, 0.15) is 5.69 Å². The Morgan fingerprint density at radius 1 is 1.04 bits per heavy atom. The fourth-order valence-corrected chi connectivity index (χ4v) is 3.17. The molecular formula is C18H15N2O4S-. The van der Waals surface area contributed by atoms with E-state index >= 15 is 0 Å². The first-order valence-electron chi connectivity index (χ1n) is 7.48. The molecule has 0 unspecified atom stereocenters. The summed E-state index contributed by atoms with van der Waals surface area (Å²) in [5.41, 5.74) is 2.92. The molecule has 0 saturated carbocycles. The molecule has 0 atom stereocenters. The zero-order valence-corrected chi connectivity index (χ0v) is 14.2. The van der Waals surface area contributed by atoms with Crippen LogP contribution in [-0.2, 0) is 21.2 Å². The van der Waals surface area contributed by atoms with E-state index in [1.54, 1.807) is 18.3 Å². The van der Waals surface area contributed by atoms with Crippen LogP contribution in [-0.4, -0.2) is 30.4 Å². The van der Waals surface area contributed by atoms with Crippen LogP contribution in [0.1, 0.15) is 0 Å². The molecule has 0 N–H and O–H groups in total. The SMILES string of the molecule is CS(=O)(=O)c1ccc(-c2nn(CC(=O)[O-])cc2-c2ccccc2)cc1. The lowest BCUT2D eigenvalue weighted by Crippen LogP contribution is -2.27. The zero-order chi connectivity index (χ0) is 18.0. The van der Waals surface area contributed by atoms with Crippen molar-refractivity contribution in [3.8, 4) is 22.4 Å². The van der Waals surface area contributed by atoms with E-state index in [0.29, 0.717) is 11.3 Å². The first kappa shape index (κ1) is 16.9. The van der Waals surface area contributed by atoms with Crippen LogP contribution in [0.2, 0.25) is 0 Å². The Morgan fingerprint density at radius 3 is 2.24 bits per heavy atom. The quantitative estimate of drug-likeness (QED) is 0.689. The highest BCUT2D eigenvalue weighted by Gasteiger charge is 2.14. The first-order chi connectivity index (χ1) is 11.8. The molecule has 1 heterocycles. The fourth-order valence-electron chi connectivity index (χ4n) is 2.54. The Morgan fingerprint density at radius 2 is 1.68 bits per heavy atom. The first-order valence-corrected chi connectivity index (χ1v) is 9.37. The van der Waals surface area contributed by atoms with E-state index in [9.17, 15) is 18.3 Å². The molecule has 1 aromatic heterocycles.